The zero-order valence-electron chi connectivity index (χ0n) is 22.0. The zero-order valence-corrected chi connectivity index (χ0v) is 24.3. The van der Waals surface area contributed by atoms with Crippen LogP contribution in [0.25, 0.3) is 0 Å². The van der Waals surface area contributed by atoms with E-state index in [0.29, 0.717) is 40.3 Å². The molecular weight excluding hydrogens is 565 g/mol. The first-order chi connectivity index (χ1) is 18.6. The molecule has 1 aliphatic heterocycles. The van der Waals surface area contributed by atoms with Gasteiger partial charge in [0.05, 0.1) is 11.4 Å². The van der Waals surface area contributed by atoms with E-state index in [1.54, 1.807) is 43.3 Å². The summed E-state index contributed by atoms with van der Waals surface area (Å²) in [5.74, 6) is -0.181. The Morgan fingerprint density at radius 1 is 1.05 bits per heavy atom. The number of amides is 2. The Morgan fingerprint density at radius 3 is 2.41 bits per heavy atom. The minimum absolute atomic E-state index is 0.00472. The first-order valence-electron chi connectivity index (χ1n) is 13.0. The van der Waals surface area contributed by atoms with Gasteiger partial charge in [-0.15, -0.1) is 0 Å². The molecular formula is C27H33Cl2N3O6S. The number of halogens is 2. The molecule has 2 aromatic carbocycles. The summed E-state index contributed by atoms with van der Waals surface area (Å²) < 4.78 is 38.6. The van der Waals surface area contributed by atoms with Crippen LogP contribution in [0.5, 0.6) is 11.5 Å². The molecule has 0 spiro atoms. The number of hydrogen-bond donors (Lipinski definition) is 1. The quantitative estimate of drug-likeness (QED) is 0.435. The monoisotopic (exact) mass is 597 g/mol. The number of sulfonamides is 1. The average molecular weight is 599 g/mol. The molecule has 1 aliphatic carbocycles. The fraction of sp³-hybridized carbons (Fsp3) is 0.481. The van der Waals surface area contributed by atoms with Gasteiger partial charge in [-0.05, 0) is 56.5 Å². The van der Waals surface area contributed by atoms with E-state index in [2.05, 4.69) is 5.32 Å². The maximum Gasteiger partial charge on any atom is 0.244 e. The summed E-state index contributed by atoms with van der Waals surface area (Å²) in [5.41, 5.74) is 0.848. The van der Waals surface area contributed by atoms with Gasteiger partial charge in [0.15, 0.2) is 11.5 Å². The number of carbonyl (C=O) groups is 2. The Morgan fingerprint density at radius 2 is 1.74 bits per heavy atom. The Balaban J connectivity index is 1.64. The normalized spacial score (nSPS) is 16.0. The Bertz CT molecular complexity index is 1320. The van der Waals surface area contributed by atoms with E-state index < -0.39 is 28.5 Å². The lowest BCUT2D eigenvalue weighted by molar-refractivity contribution is -0.139. The van der Waals surface area contributed by atoms with Gasteiger partial charge in [0, 0.05) is 28.7 Å². The second-order valence-corrected chi connectivity index (χ2v) is 12.7. The molecule has 1 atom stereocenters. The number of benzene rings is 2. The maximum atomic E-state index is 13.9. The molecule has 0 bridgehead atoms. The summed E-state index contributed by atoms with van der Waals surface area (Å²) in [4.78, 5) is 28.4. The van der Waals surface area contributed by atoms with Gasteiger partial charge in [0.25, 0.3) is 0 Å². The summed E-state index contributed by atoms with van der Waals surface area (Å²) >= 11 is 12.5. The van der Waals surface area contributed by atoms with E-state index in [-0.39, 0.29) is 29.9 Å². The van der Waals surface area contributed by atoms with Crippen LogP contribution in [0.15, 0.2) is 36.4 Å². The van der Waals surface area contributed by atoms with Crippen LogP contribution < -0.4 is 19.1 Å². The first-order valence-corrected chi connectivity index (χ1v) is 15.4. The van der Waals surface area contributed by atoms with E-state index in [9.17, 15) is 18.0 Å². The molecule has 2 amide bonds. The van der Waals surface area contributed by atoms with Gasteiger partial charge in [-0.1, -0.05) is 42.1 Å². The second-order valence-electron chi connectivity index (χ2n) is 9.66. The minimum Gasteiger partial charge on any atom is -0.486 e. The number of rotatable bonds is 10. The van der Waals surface area contributed by atoms with Gasteiger partial charge in [-0.3, -0.25) is 13.9 Å². The van der Waals surface area contributed by atoms with E-state index in [4.69, 9.17) is 32.7 Å². The lowest BCUT2D eigenvalue weighted by atomic mass is 10.1. The number of nitrogens with zero attached hydrogens (tertiary/aromatic N) is 2. The van der Waals surface area contributed by atoms with Crippen LogP contribution in [-0.4, -0.2) is 62.7 Å². The number of ether oxygens (including phenoxy) is 2. The molecule has 0 saturated heterocycles. The summed E-state index contributed by atoms with van der Waals surface area (Å²) in [6.45, 7) is 3.35. The molecule has 0 unspecified atom stereocenters. The Labute approximate surface area is 239 Å². The summed E-state index contributed by atoms with van der Waals surface area (Å²) in [6, 6.07) is 8.83. The third kappa shape index (κ3) is 7.10. The van der Waals surface area contributed by atoms with Crippen molar-refractivity contribution in [3.05, 3.63) is 52.0 Å². The fourth-order valence-electron chi connectivity index (χ4n) is 4.71. The molecule has 12 heteroatoms. The van der Waals surface area contributed by atoms with Crippen LogP contribution in [0.3, 0.4) is 0 Å². The fourth-order valence-corrected chi connectivity index (χ4v) is 6.24. The SMILES string of the molecule is CCS(=O)(=O)N(CC(=O)N(Cc1ccc(Cl)cc1Cl)[C@H](C)C(=O)NC1CCCC1)c1ccc2c(c1)OCCO2. The first kappa shape index (κ1) is 29.3. The van der Waals surface area contributed by atoms with E-state index in [1.165, 1.54) is 11.8 Å². The summed E-state index contributed by atoms with van der Waals surface area (Å²) in [7, 11) is -3.87. The number of hydrogen-bond acceptors (Lipinski definition) is 6. The lowest BCUT2D eigenvalue weighted by Crippen LogP contribution is -2.52. The molecule has 212 valence electrons. The topological polar surface area (TPSA) is 105 Å². The van der Waals surface area contributed by atoms with Crippen molar-refractivity contribution in [3.63, 3.8) is 0 Å². The summed E-state index contributed by atoms with van der Waals surface area (Å²) in [5, 5.41) is 3.81. The molecule has 0 aromatic heterocycles. The lowest BCUT2D eigenvalue weighted by Gasteiger charge is -2.32. The third-order valence-electron chi connectivity index (χ3n) is 7.02. The molecule has 39 heavy (non-hydrogen) atoms. The van der Waals surface area contributed by atoms with Crippen LogP contribution in [0.2, 0.25) is 10.0 Å². The van der Waals surface area contributed by atoms with Crippen molar-refractivity contribution in [1.29, 1.82) is 0 Å². The standard InChI is InChI=1S/C27H33Cl2N3O6S/c1-3-39(35,36)32(22-10-11-24-25(15-22)38-13-12-37-24)17-26(33)31(16-19-8-9-20(28)14-23(19)29)18(2)27(34)30-21-6-4-5-7-21/h8-11,14-15,18,21H,3-7,12-13,16-17H2,1-2H3,(H,30,34)/t18-/m1/s1. The molecule has 1 N–H and O–H groups in total. The number of carbonyl (C=O) groups excluding carboxylic acids is 2. The van der Waals surface area contributed by atoms with Crippen molar-refractivity contribution in [2.24, 2.45) is 0 Å². The van der Waals surface area contributed by atoms with Crippen LogP contribution in [0, 0.1) is 0 Å². The third-order valence-corrected chi connectivity index (χ3v) is 9.35. The van der Waals surface area contributed by atoms with Crippen molar-refractivity contribution >= 4 is 50.7 Å². The van der Waals surface area contributed by atoms with Gasteiger partial charge in [-0.25, -0.2) is 8.42 Å². The van der Waals surface area contributed by atoms with Gasteiger partial charge in [0.2, 0.25) is 21.8 Å². The summed E-state index contributed by atoms with van der Waals surface area (Å²) in [6.07, 6.45) is 3.87. The molecule has 2 aromatic rings. The number of nitrogens with one attached hydrogen (secondary N) is 1. The molecule has 1 saturated carbocycles. The van der Waals surface area contributed by atoms with E-state index in [0.717, 1.165) is 30.0 Å². The van der Waals surface area contributed by atoms with Crippen molar-refractivity contribution in [2.75, 3.05) is 29.8 Å². The van der Waals surface area contributed by atoms with E-state index in [1.807, 2.05) is 0 Å². The highest BCUT2D eigenvalue weighted by Crippen LogP contribution is 2.35. The van der Waals surface area contributed by atoms with Gasteiger partial charge in [-0.2, -0.15) is 0 Å². The second kappa shape index (κ2) is 12.7. The van der Waals surface area contributed by atoms with Gasteiger partial charge < -0.3 is 19.7 Å². The van der Waals surface area contributed by atoms with Crippen LogP contribution >= 0.6 is 23.2 Å². The Hall–Kier alpha value is -2.69. The highest BCUT2D eigenvalue weighted by molar-refractivity contribution is 7.92. The molecule has 4 rings (SSSR count). The minimum atomic E-state index is -3.87. The largest absolute Gasteiger partial charge is 0.486 e. The maximum absolute atomic E-state index is 13.9. The van der Waals surface area contributed by atoms with Crippen LogP contribution in [-0.2, 0) is 26.2 Å². The predicted molar refractivity (Wildman–Crippen MR) is 151 cm³/mol. The Kier molecular flexibility index (Phi) is 9.51. The highest BCUT2D eigenvalue weighted by atomic mass is 35.5. The molecule has 1 fully saturated rings. The van der Waals surface area contributed by atoms with Crippen molar-refractivity contribution in [1.82, 2.24) is 10.2 Å². The van der Waals surface area contributed by atoms with Crippen LogP contribution in [0.1, 0.15) is 45.1 Å². The predicted octanol–water partition coefficient (Wildman–Crippen LogP) is 4.40. The molecule has 0 radical (unpaired) electrons. The van der Waals surface area contributed by atoms with Crippen molar-refractivity contribution < 1.29 is 27.5 Å². The number of anilines is 1. The highest BCUT2D eigenvalue weighted by Gasteiger charge is 2.33. The number of fused-ring (bicyclic) bond motifs is 1. The van der Waals surface area contributed by atoms with Gasteiger partial charge >= 0.3 is 0 Å². The van der Waals surface area contributed by atoms with Crippen molar-refractivity contribution in [2.45, 2.75) is 58.2 Å². The average Bonchev–Trinajstić information content (AvgIpc) is 3.43. The van der Waals surface area contributed by atoms with Crippen LogP contribution in [0.4, 0.5) is 5.69 Å². The van der Waals surface area contributed by atoms with Crippen molar-refractivity contribution in [3.8, 4) is 11.5 Å². The molecule has 2 aliphatic rings. The smallest absolute Gasteiger partial charge is 0.244 e. The van der Waals surface area contributed by atoms with Gasteiger partial charge in [0.1, 0.15) is 25.8 Å². The molecule has 1 heterocycles. The zero-order chi connectivity index (χ0) is 28.2. The molecule has 9 nitrogen and oxygen atoms in total. The van der Waals surface area contributed by atoms with E-state index >= 15 is 0 Å².